The van der Waals surface area contributed by atoms with E-state index in [1.807, 2.05) is 19.9 Å². The second-order valence-electron chi connectivity index (χ2n) is 10.2. The summed E-state index contributed by atoms with van der Waals surface area (Å²) in [7, 11) is 0. The van der Waals surface area contributed by atoms with Crippen LogP contribution in [0.25, 0.3) is 15.9 Å². The third-order valence-corrected chi connectivity index (χ3v) is 9.63. The molecule has 0 fully saturated rings. The molecule has 0 unspecified atom stereocenters. The highest BCUT2D eigenvalue weighted by molar-refractivity contribution is 7.99. The van der Waals surface area contributed by atoms with Crippen molar-refractivity contribution in [2.24, 2.45) is 5.92 Å². The maximum absolute atomic E-state index is 13.6. The number of allylic oxidation sites excluding steroid dienone is 1. The van der Waals surface area contributed by atoms with Gasteiger partial charge < -0.3 is 4.57 Å². The molecule has 1 aliphatic rings. The minimum Gasteiger partial charge on any atom is -0.318 e. The molecule has 1 atom stereocenters. The zero-order valence-electron chi connectivity index (χ0n) is 22.2. The van der Waals surface area contributed by atoms with Gasteiger partial charge in [-0.25, -0.2) is 4.98 Å². The molecule has 0 N–H and O–H groups in total. The largest absolute Gasteiger partial charge is 0.318 e. The summed E-state index contributed by atoms with van der Waals surface area (Å²) < 4.78 is 3.82. The highest BCUT2D eigenvalue weighted by Gasteiger charge is 2.25. The molecule has 0 amide bonds. The summed E-state index contributed by atoms with van der Waals surface area (Å²) in [6, 6.07) is 8.34. The van der Waals surface area contributed by atoms with Crippen molar-refractivity contribution in [2.45, 2.75) is 65.6 Å². The first kappa shape index (κ1) is 25.7. The van der Waals surface area contributed by atoms with Crippen molar-refractivity contribution in [3.8, 4) is 5.69 Å². The first-order valence-corrected chi connectivity index (χ1v) is 14.6. The maximum Gasteiger partial charge on any atom is 0.263 e. The van der Waals surface area contributed by atoms with Gasteiger partial charge in [-0.15, -0.1) is 17.9 Å². The molecule has 5 nitrogen and oxygen atoms in total. The van der Waals surface area contributed by atoms with Gasteiger partial charge in [0.15, 0.2) is 10.9 Å². The minimum absolute atomic E-state index is 0.0141. The number of nitrogens with zero attached hydrogens (tertiary/aromatic N) is 3. The molecule has 0 spiro atoms. The van der Waals surface area contributed by atoms with Crippen molar-refractivity contribution in [3.63, 3.8) is 0 Å². The molecule has 0 radical (unpaired) electrons. The molecule has 1 aromatic carbocycles. The van der Waals surface area contributed by atoms with Gasteiger partial charge in [0, 0.05) is 34.1 Å². The Labute approximate surface area is 226 Å². The van der Waals surface area contributed by atoms with Crippen molar-refractivity contribution < 1.29 is 4.79 Å². The molecular weight excluding hydrogens is 498 g/mol. The molecule has 0 aliphatic heterocycles. The van der Waals surface area contributed by atoms with Gasteiger partial charge in [-0.05, 0) is 87.8 Å². The van der Waals surface area contributed by atoms with E-state index in [9.17, 15) is 9.59 Å². The number of aryl methyl sites for hydroxylation is 4. The van der Waals surface area contributed by atoms with Gasteiger partial charge in [0.2, 0.25) is 0 Å². The standard InChI is InChI=1S/C30H33N3O2S2/c1-7-12-32-29(35)27-23-11-8-17(2)13-26(23)37-28(27)31-30(32)36-16-25(34)24-15-20(5)33(21(24)6)22-10-9-18(3)19(4)14-22/h7,9-10,14-15,17H,1,8,11-13,16H2,2-6H3/t17-/m0/s1. The summed E-state index contributed by atoms with van der Waals surface area (Å²) in [6.45, 7) is 14.7. The molecule has 4 aromatic rings. The Morgan fingerprint density at radius 1 is 1.22 bits per heavy atom. The second kappa shape index (κ2) is 10.1. The predicted molar refractivity (Wildman–Crippen MR) is 155 cm³/mol. The normalized spacial score (nSPS) is 15.2. The molecule has 5 rings (SSSR count). The summed E-state index contributed by atoms with van der Waals surface area (Å²) in [5.74, 6) is 0.881. The van der Waals surface area contributed by atoms with E-state index >= 15 is 0 Å². The number of fused-ring (bicyclic) bond motifs is 3. The Kier molecular flexibility index (Phi) is 7.03. The van der Waals surface area contributed by atoms with E-state index in [1.54, 1.807) is 22.0 Å². The number of hydrogen-bond acceptors (Lipinski definition) is 5. The zero-order valence-corrected chi connectivity index (χ0v) is 23.8. The lowest BCUT2D eigenvalue weighted by Crippen LogP contribution is -2.24. The zero-order chi connectivity index (χ0) is 26.4. The summed E-state index contributed by atoms with van der Waals surface area (Å²) in [6.07, 6.45) is 4.77. The number of carbonyl (C=O) groups is 1. The summed E-state index contributed by atoms with van der Waals surface area (Å²) in [5, 5.41) is 1.35. The van der Waals surface area contributed by atoms with Crippen LogP contribution in [0.5, 0.6) is 0 Å². The number of rotatable bonds is 7. The second-order valence-corrected chi connectivity index (χ2v) is 12.3. The van der Waals surface area contributed by atoms with Crippen LogP contribution in [0.3, 0.4) is 0 Å². The monoisotopic (exact) mass is 531 g/mol. The summed E-state index contributed by atoms with van der Waals surface area (Å²) in [4.78, 5) is 34.0. The third kappa shape index (κ3) is 4.64. The number of hydrogen-bond donors (Lipinski definition) is 0. The number of benzene rings is 1. The van der Waals surface area contributed by atoms with Crippen molar-refractivity contribution in [3.05, 3.63) is 85.8 Å². The fourth-order valence-electron chi connectivity index (χ4n) is 5.32. The molecule has 0 saturated heterocycles. The van der Waals surface area contributed by atoms with Crippen LogP contribution in [-0.4, -0.2) is 25.7 Å². The average molecular weight is 532 g/mol. The Hall–Kier alpha value is -2.90. The molecule has 3 aromatic heterocycles. The van der Waals surface area contributed by atoms with E-state index in [0.29, 0.717) is 23.2 Å². The fourth-order valence-corrected chi connectivity index (χ4v) is 7.64. The molecule has 0 bridgehead atoms. The van der Waals surface area contributed by atoms with E-state index in [4.69, 9.17) is 4.98 Å². The van der Waals surface area contributed by atoms with Gasteiger partial charge in [0.1, 0.15) is 4.83 Å². The Bertz CT molecular complexity index is 1610. The van der Waals surface area contributed by atoms with Crippen LogP contribution in [-0.2, 0) is 19.4 Å². The van der Waals surface area contributed by atoms with E-state index < -0.39 is 0 Å². The topological polar surface area (TPSA) is 56.9 Å². The average Bonchev–Trinajstić information content (AvgIpc) is 3.37. The van der Waals surface area contributed by atoms with Crippen molar-refractivity contribution in [1.29, 1.82) is 0 Å². The summed E-state index contributed by atoms with van der Waals surface area (Å²) in [5.41, 5.74) is 7.36. The molecule has 1 aliphatic carbocycles. The van der Waals surface area contributed by atoms with Crippen LogP contribution < -0.4 is 5.56 Å². The predicted octanol–water partition coefficient (Wildman–Crippen LogP) is 6.77. The van der Waals surface area contributed by atoms with E-state index in [-0.39, 0.29) is 17.1 Å². The molecule has 7 heteroatoms. The first-order chi connectivity index (χ1) is 17.7. The number of ketones is 1. The lowest BCUT2D eigenvalue weighted by atomic mass is 9.89. The van der Waals surface area contributed by atoms with Gasteiger partial charge in [-0.3, -0.25) is 14.2 Å². The van der Waals surface area contributed by atoms with Crippen LogP contribution in [0, 0.1) is 33.6 Å². The number of Topliss-reactive ketones (excluding diaryl/α,β-unsaturated/α-hetero) is 1. The number of aromatic nitrogens is 3. The van der Waals surface area contributed by atoms with Crippen molar-refractivity contribution in [2.75, 3.05) is 5.75 Å². The number of thiophene rings is 1. The van der Waals surface area contributed by atoms with Gasteiger partial charge in [0.05, 0.1) is 11.1 Å². The molecular formula is C30H33N3O2S2. The molecule has 0 saturated carbocycles. The molecule has 192 valence electrons. The van der Waals surface area contributed by atoms with Gasteiger partial charge in [-0.2, -0.15) is 0 Å². The van der Waals surface area contributed by atoms with Crippen LogP contribution in [0.4, 0.5) is 0 Å². The number of thioether (sulfide) groups is 1. The Morgan fingerprint density at radius 2 is 2.00 bits per heavy atom. The van der Waals surface area contributed by atoms with Crippen LogP contribution in [0.2, 0.25) is 0 Å². The maximum atomic E-state index is 13.6. The van der Waals surface area contributed by atoms with Gasteiger partial charge in [-0.1, -0.05) is 30.8 Å². The van der Waals surface area contributed by atoms with Crippen LogP contribution >= 0.6 is 23.1 Å². The van der Waals surface area contributed by atoms with E-state index in [2.05, 4.69) is 50.1 Å². The smallest absolute Gasteiger partial charge is 0.263 e. The minimum atomic E-state index is -0.0141. The molecule has 3 heterocycles. The lowest BCUT2D eigenvalue weighted by molar-refractivity contribution is 0.102. The van der Waals surface area contributed by atoms with Crippen molar-refractivity contribution >= 4 is 39.1 Å². The highest BCUT2D eigenvalue weighted by Crippen LogP contribution is 2.36. The Morgan fingerprint density at radius 3 is 2.73 bits per heavy atom. The quantitative estimate of drug-likeness (QED) is 0.114. The van der Waals surface area contributed by atoms with Crippen LogP contribution in [0.1, 0.15) is 56.7 Å². The molecule has 37 heavy (non-hydrogen) atoms. The van der Waals surface area contributed by atoms with E-state index in [0.717, 1.165) is 46.6 Å². The SMILES string of the molecule is C=CCn1c(SCC(=O)c2cc(C)n(-c3ccc(C)c(C)c3)c2C)nc2sc3c(c2c1=O)CC[C@H](C)C3. The number of carbonyl (C=O) groups excluding carboxylic acids is 1. The Balaban J connectivity index is 1.46. The van der Waals surface area contributed by atoms with Crippen LogP contribution in [0.15, 0.2) is 46.9 Å². The van der Waals surface area contributed by atoms with Crippen molar-refractivity contribution in [1.82, 2.24) is 14.1 Å². The van der Waals surface area contributed by atoms with Gasteiger partial charge >= 0.3 is 0 Å². The summed E-state index contributed by atoms with van der Waals surface area (Å²) >= 11 is 2.99. The first-order valence-electron chi connectivity index (χ1n) is 12.8. The fraction of sp³-hybridized carbons (Fsp3) is 0.367. The van der Waals surface area contributed by atoms with Gasteiger partial charge in [0.25, 0.3) is 5.56 Å². The van der Waals surface area contributed by atoms with E-state index in [1.165, 1.54) is 33.3 Å². The highest BCUT2D eigenvalue weighted by atomic mass is 32.2. The third-order valence-electron chi connectivity index (χ3n) is 7.50. The lowest BCUT2D eigenvalue weighted by Gasteiger charge is -2.17.